The number of carbonyl (C=O) groups is 1. The molecule has 0 aliphatic heterocycles. The van der Waals surface area contributed by atoms with Crippen molar-refractivity contribution >= 4 is 17.2 Å². The molecule has 0 spiro atoms. The summed E-state index contributed by atoms with van der Waals surface area (Å²) in [6.45, 7) is -2.60. The molecular weight excluding hydrogens is 350 g/mol. The highest BCUT2D eigenvalue weighted by molar-refractivity contribution is 7.10. The molecule has 0 saturated carbocycles. The van der Waals surface area contributed by atoms with Crippen LogP contribution in [-0.2, 0) is 0 Å². The van der Waals surface area contributed by atoms with Gasteiger partial charge in [-0.2, -0.15) is 8.78 Å². The van der Waals surface area contributed by atoms with Gasteiger partial charge in [0.1, 0.15) is 0 Å². The maximum absolute atomic E-state index is 12.5. The van der Waals surface area contributed by atoms with Crippen LogP contribution < -0.4 is 14.8 Å². The van der Waals surface area contributed by atoms with Crippen molar-refractivity contribution in [2.45, 2.75) is 12.7 Å². The molecule has 5 nitrogen and oxygen atoms in total. The Morgan fingerprint density at radius 3 is 2.60 bits per heavy atom. The lowest BCUT2D eigenvalue weighted by atomic mass is 10.1. The Hall–Kier alpha value is -2.19. The van der Waals surface area contributed by atoms with Crippen molar-refractivity contribution in [3.8, 4) is 11.5 Å². The van der Waals surface area contributed by atoms with E-state index < -0.39 is 6.61 Å². The second-order valence-electron chi connectivity index (χ2n) is 5.45. The lowest BCUT2D eigenvalue weighted by Gasteiger charge is -2.23. The van der Waals surface area contributed by atoms with E-state index in [0.29, 0.717) is 6.54 Å². The number of nitrogens with one attached hydrogen (secondary N) is 1. The molecule has 2 aromatic rings. The van der Waals surface area contributed by atoms with Crippen LogP contribution in [0.15, 0.2) is 35.7 Å². The number of benzene rings is 1. The highest BCUT2D eigenvalue weighted by Crippen LogP contribution is 2.29. The molecule has 0 fully saturated rings. The molecule has 0 radical (unpaired) electrons. The number of amides is 1. The SMILES string of the molecule is COc1ccc(C(=O)NCC(c2cccs2)N(C)C)cc1OC(F)F. The molecule has 1 aromatic heterocycles. The van der Waals surface area contributed by atoms with E-state index in [2.05, 4.69) is 10.1 Å². The van der Waals surface area contributed by atoms with Crippen molar-refractivity contribution in [2.24, 2.45) is 0 Å². The first-order valence-electron chi connectivity index (χ1n) is 7.53. The summed E-state index contributed by atoms with van der Waals surface area (Å²) < 4.78 is 34.3. The Morgan fingerprint density at radius 1 is 1.28 bits per heavy atom. The number of halogens is 2. The van der Waals surface area contributed by atoms with Gasteiger partial charge in [0.25, 0.3) is 5.91 Å². The topological polar surface area (TPSA) is 50.8 Å². The molecule has 2 rings (SSSR count). The Morgan fingerprint density at radius 2 is 2.04 bits per heavy atom. The Balaban J connectivity index is 2.09. The molecule has 25 heavy (non-hydrogen) atoms. The fourth-order valence-electron chi connectivity index (χ4n) is 2.32. The Labute approximate surface area is 149 Å². The van der Waals surface area contributed by atoms with E-state index in [0.717, 1.165) is 4.88 Å². The first-order chi connectivity index (χ1) is 11.9. The summed E-state index contributed by atoms with van der Waals surface area (Å²) in [5.41, 5.74) is 0.222. The minimum absolute atomic E-state index is 0.0268. The summed E-state index contributed by atoms with van der Waals surface area (Å²) in [4.78, 5) is 15.5. The minimum atomic E-state index is -3.00. The van der Waals surface area contributed by atoms with Gasteiger partial charge < -0.3 is 19.7 Å². The molecular formula is C17H20F2N2O3S. The van der Waals surface area contributed by atoms with E-state index in [-0.39, 0.29) is 29.0 Å². The summed E-state index contributed by atoms with van der Waals surface area (Å²) in [5, 5.41) is 4.81. The molecule has 1 heterocycles. The summed E-state index contributed by atoms with van der Waals surface area (Å²) in [5.74, 6) is -0.403. The molecule has 0 aliphatic rings. The van der Waals surface area contributed by atoms with Gasteiger partial charge in [-0.25, -0.2) is 0 Å². The first-order valence-corrected chi connectivity index (χ1v) is 8.41. The monoisotopic (exact) mass is 370 g/mol. The average molecular weight is 370 g/mol. The van der Waals surface area contributed by atoms with Crippen molar-refractivity contribution in [1.82, 2.24) is 10.2 Å². The number of nitrogens with zero attached hydrogens (tertiary/aromatic N) is 1. The van der Waals surface area contributed by atoms with Gasteiger partial charge in [-0.1, -0.05) is 6.07 Å². The highest BCUT2D eigenvalue weighted by atomic mass is 32.1. The zero-order valence-corrected chi connectivity index (χ0v) is 15.0. The molecule has 1 aromatic carbocycles. The van der Waals surface area contributed by atoms with Gasteiger partial charge in [-0.05, 0) is 43.7 Å². The average Bonchev–Trinajstić information content (AvgIpc) is 3.08. The van der Waals surface area contributed by atoms with Gasteiger partial charge >= 0.3 is 6.61 Å². The van der Waals surface area contributed by atoms with Crippen molar-refractivity contribution in [2.75, 3.05) is 27.7 Å². The number of rotatable bonds is 8. The summed E-state index contributed by atoms with van der Waals surface area (Å²) >= 11 is 1.61. The van der Waals surface area contributed by atoms with Crippen LogP contribution in [0.5, 0.6) is 11.5 Å². The van der Waals surface area contributed by atoms with E-state index in [1.54, 1.807) is 11.3 Å². The fraction of sp³-hybridized carbons (Fsp3) is 0.353. The third-order valence-electron chi connectivity index (χ3n) is 3.59. The number of methoxy groups -OCH3 is 1. The molecule has 0 aliphatic carbocycles. The molecule has 1 unspecified atom stereocenters. The molecule has 0 saturated heterocycles. The van der Waals surface area contributed by atoms with Gasteiger partial charge in [0.15, 0.2) is 11.5 Å². The Kier molecular flexibility index (Phi) is 6.72. The quantitative estimate of drug-likeness (QED) is 0.774. The molecule has 0 bridgehead atoms. The first kappa shape index (κ1) is 19.1. The second kappa shape index (κ2) is 8.77. The number of hydrogen-bond donors (Lipinski definition) is 1. The van der Waals surface area contributed by atoms with Crippen LogP contribution in [0.4, 0.5) is 8.78 Å². The van der Waals surface area contributed by atoms with Crippen LogP contribution in [0.2, 0.25) is 0 Å². The highest BCUT2D eigenvalue weighted by Gasteiger charge is 2.18. The van der Waals surface area contributed by atoms with Crippen LogP contribution in [0.3, 0.4) is 0 Å². The van der Waals surface area contributed by atoms with Crippen molar-refractivity contribution in [3.63, 3.8) is 0 Å². The maximum Gasteiger partial charge on any atom is 0.387 e. The molecule has 136 valence electrons. The van der Waals surface area contributed by atoms with Crippen LogP contribution in [-0.4, -0.2) is 45.2 Å². The lowest BCUT2D eigenvalue weighted by molar-refractivity contribution is -0.0512. The van der Waals surface area contributed by atoms with Crippen molar-refractivity contribution in [1.29, 1.82) is 0 Å². The van der Waals surface area contributed by atoms with Gasteiger partial charge in [0.2, 0.25) is 0 Å². The van der Waals surface area contributed by atoms with Crippen LogP contribution in [0, 0.1) is 0 Å². The standard InChI is InChI=1S/C17H20F2N2O3S/c1-21(2)12(15-5-4-8-25-15)10-20-16(22)11-6-7-13(23-3)14(9-11)24-17(18)19/h4-9,12,17H,10H2,1-3H3,(H,20,22). The van der Waals surface area contributed by atoms with E-state index in [1.165, 1.54) is 25.3 Å². The third-order valence-corrected chi connectivity index (χ3v) is 4.57. The number of thiophene rings is 1. The number of ether oxygens (including phenoxy) is 2. The number of alkyl halides is 2. The summed E-state index contributed by atoms with van der Waals surface area (Å²) in [6, 6.07) is 8.16. The lowest BCUT2D eigenvalue weighted by Crippen LogP contribution is -2.34. The van der Waals surface area contributed by atoms with Crippen LogP contribution in [0.1, 0.15) is 21.3 Å². The van der Waals surface area contributed by atoms with Crippen LogP contribution >= 0.6 is 11.3 Å². The van der Waals surface area contributed by atoms with Gasteiger partial charge in [0.05, 0.1) is 13.2 Å². The van der Waals surface area contributed by atoms with Crippen LogP contribution in [0.25, 0.3) is 0 Å². The fourth-order valence-corrected chi connectivity index (χ4v) is 3.24. The van der Waals surface area contributed by atoms with E-state index >= 15 is 0 Å². The molecule has 1 atom stereocenters. The summed E-state index contributed by atoms with van der Waals surface area (Å²) in [6.07, 6.45) is 0. The molecule has 1 amide bonds. The van der Waals surface area contributed by atoms with Crippen molar-refractivity contribution in [3.05, 3.63) is 46.2 Å². The van der Waals surface area contributed by atoms with Gasteiger partial charge in [0, 0.05) is 17.0 Å². The van der Waals surface area contributed by atoms with E-state index in [4.69, 9.17) is 4.74 Å². The third kappa shape index (κ3) is 5.14. The van der Waals surface area contributed by atoms with E-state index in [9.17, 15) is 13.6 Å². The number of carbonyl (C=O) groups excluding carboxylic acids is 1. The summed E-state index contributed by atoms with van der Waals surface area (Å²) in [7, 11) is 5.20. The zero-order chi connectivity index (χ0) is 18.4. The molecule has 1 N–H and O–H groups in total. The largest absolute Gasteiger partial charge is 0.493 e. The zero-order valence-electron chi connectivity index (χ0n) is 14.2. The second-order valence-corrected chi connectivity index (χ2v) is 6.43. The van der Waals surface area contributed by atoms with E-state index in [1.807, 2.05) is 36.5 Å². The Bertz CT molecular complexity index is 693. The predicted octanol–water partition coefficient (Wildman–Crippen LogP) is 3.39. The number of hydrogen-bond acceptors (Lipinski definition) is 5. The molecule has 8 heteroatoms. The smallest absolute Gasteiger partial charge is 0.387 e. The van der Waals surface area contributed by atoms with Gasteiger partial charge in [-0.15, -0.1) is 11.3 Å². The maximum atomic E-state index is 12.5. The predicted molar refractivity (Wildman–Crippen MR) is 92.7 cm³/mol. The van der Waals surface area contributed by atoms with Gasteiger partial charge in [-0.3, -0.25) is 4.79 Å². The number of likely N-dealkylation sites (N-methyl/N-ethyl adjacent to an activating group) is 1. The minimum Gasteiger partial charge on any atom is -0.493 e. The normalized spacial score (nSPS) is 12.3. The van der Waals surface area contributed by atoms with Crippen molar-refractivity contribution < 1.29 is 23.0 Å².